The number of alkyl halides is 1. The topological polar surface area (TPSA) is 48.0 Å². The van der Waals surface area contributed by atoms with E-state index in [0.717, 1.165) is 6.42 Å². The van der Waals surface area contributed by atoms with Crippen LogP contribution in [0.25, 0.3) is 0 Å². The number of hydrogen-bond donors (Lipinski definition) is 0. The lowest BCUT2D eigenvalue weighted by Gasteiger charge is -2.25. The molecule has 7 heteroatoms. The van der Waals surface area contributed by atoms with E-state index in [9.17, 15) is 4.79 Å². The molecular formula is C10H20ClNO4Si. The number of carbonyl (C=O) groups excluding carboxylic acids is 1. The highest BCUT2D eigenvalue weighted by molar-refractivity contribution is 6.60. The molecule has 1 amide bonds. The van der Waals surface area contributed by atoms with E-state index in [1.54, 1.807) is 26.2 Å². The van der Waals surface area contributed by atoms with E-state index in [1.165, 1.54) is 0 Å². The molecule has 0 aromatic heterocycles. The third kappa shape index (κ3) is 3.92. The smallest absolute Gasteiger partial charge is 0.377 e. The lowest BCUT2D eigenvalue weighted by Crippen LogP contribution is -2.43. The van der Waals surface area contributed by atoms with E-state index >= 15 is 0 Å². The molecule has 1 aliphatic rings. The third-order valence-corrected chi connectivity index (χ3v) is 6.14. The number of nitrogens with zero attached hydrogens (tertiary/aromatic N) is 1. The van der Waals surface area contributed by atoms with Crippen LogP contribution in [0.5, 0.6) is 0 Å². The zero-order valence-corrected chi connectivity index (χ0v) is 12.3. The molecule has 0 aliphatic carbocycles. The van der Waals surface area contributed by atoms with Gasteiger partial charge < -0.3 is 18.2 Å². The molecule has 1 unspecified atom stereocenters. The highest BCUT2D eigenvalue weighted by Crippen LogP contribution is 2.19. The van der Waals surface area contributed by atoms with Crippen LogP contribution in [0.3, 0.4) is 0 Å². The molecule has 1 fully saturated rings. The van der Waals surface area contributed by atoms with Crippen LogP contribution >= 0.6 is 11.6 Å². The Morgan fingerprint density at radius 1 is 1.35 bits per heavy atom. The van der Waals surface area contributed by atoms with E-state index < -0.39 is 8.80 Å². The molecule has 0 N–H and O–H groups in total. The van der Waals surface area contributed by atoms with Crippen LogP contribution in [-0.2, 0) is 18.1 Å². The summed E-state index contributed by atoms with van der Waals surface area (Å²) in [5.74, 6) is 0.129. The Morgan fingerprint density at radius 2 is 1.94 bits per heavy atom. The Hall–Kier alpha value is -0.143. The normalized spacial score (nSPS) is 21.3. The molecule has 1 aliphatic heterocycles. The maximum Gasteiger partial charge on any atom is 0.500 e. The quantitative estimate of drug-likeness (QED) is 0.518. The van der Waals surface area contributed by atoms with Crippen LogP contribution in [0.4, 0.5) is 0 Å². The lowest BCUT2D eigenvalue weighted by atomic mass is 10.4. The number of halogens is 1. The summed E-state index contributed by atoms with van der Waals surface area (Å²) < 4.78 is 15.9. The van der Waals surface area contributed by atoms with Crippen LogP contribution in [0.1, 0.15) is 12.8 Å². The molecule has 1 rings (SSSR count). The standard InChI is InChI=1S/C10H20ClNO4Si/c1-14-17(15-2,16-3)6-4-5-12-8-9(11)7-10(12)13/h9H,4-8H2,1-3H3. The first-order valence-electron chi connectivity index (χ1n) is 5.64. The fourth-order valence-corrected chi connectivity index (χ4v) is 3.98. The first kappa shape index (κ1) is 14.9. The minimum Gasteiger partial charge on any atom is -0.377 e. The molecule has 5 nitrogen and oxygen atoms in total. The summed E-state index contributed by atoms with van der Waals surface area (Å²) in [5, 5.41) is -0.0447. The van der Waals surface area contributed by atoms with Gasteiger partial charge in [-0.3, -0.25) is 4.79 Å². The van der Waals surface area contributed by atoms with Gasteiger partial charge in [0.15, 0.2) is 0 Å². The predicted octanol–water partition coefficient (Wildman–Crippen LogP) is 1.09. The monoisotopic (exact) mass is 281 g/mol. The minimum absolute atomic E-state index is 0.0447. The SMILES string of the molecule is CO[Si](CCCN1CC(Cl)CC1=O)(OC)OC. The molecule has 1 heterocycles. The van der Waals surface area contributed by atoms with Crippen molar-refractivity contribution in [1.82, 2.24) is 4.90 Å². The van der Waals surface area contributed by atoms with Gasteiger partial charge in [0.1, 0.15) is 0 Å². The van der Waals surface area contributed by atoms with Crippen LogP contribution in [0, 0.1) is 0 Å². The Morgan fingerprint density at radius 3 is 2.35 bits per heavy atom. The number of likely N-dealkylation sites (tertiary alicyclic amines) is 1. The Balaban J connectivity index is 2.34. The van der Waals surface area contributed by atoms with Gasteiger partial charge in [-0.1, -0.05) is 0 Å². The van der Waals surface area contributed by atoms with Crippen molar-refractivity contribution in [2.24, 2.45) is 0 Å². The van der Waals surface area contributed by atoms with Crippen molar-refractivity contribution >= 4 is 26.3 Å². The first-order valence-corrected chi connectivity index (χ1v) is 8.01. The van der Waals surface area contributed by atoms with Crippen molar-refractivity contribution in [1.29, 1.82) is 0 Å². The Labute approximate surface area is 108 Å². The molecule has 1 atom stereocenters. The maximum absolute atomic E-state index is 11.5. The van der Waals surface area contributed by atoms with Crippen LogP contribution in [0.15, 0.2) is 0 Å². The highest BCUT2D eigenvalue weighted by Gasteiger charge is 2.37. The minimum atomic E-state index is -2.50. The molecule has 0 saturated carbocycles. The van der Waals surface area contributed by atoms with Crippen molar-refractivity contribution in [2.75, 3.05) is 34.4 Å². The fraction of sp³-hybridized carbons (Fsp3) is 0.900. The summed E-state index contributed by atoms with van der Waals surface area (Å²) in [7, 11) is 2.28. The summed E-state index contributed by atoms with van der Waals surface area (Å²) in [6.45, 7) is 1.33. The largest absolute Gasteiger partial charge is 0.500 e. The zero-order valence-electron chi connectivity index (χ0n) is 10.6. The van der Waals surface area contributed by atoms with E-state index in [1.807, 2.05) is 0 Å². The number of hydrogen-bond acceptors (Lipinski definition) is 4. The van der Waals surface area contributed by atoms with Gasteiger partial charge in [0.2, 0.25) is 5.91 Å². The lowest BCUT2D eigenvalue weighted by molar-refractivity contribution is -0.127. The summed E-state index contributed by atoms with van der Waals surface area (Å²) in [4.78, 5) is 13.3. The Kier molecular flexibility index (Phi) is 5.88. The van der Waals surface area contributed by atoms with Gasteiger partial charge in [-0.15, -0.1) is 11.6 Å². The predicted molar refractivity (Wildman–Crippen MR) is 67.0 cm³/mol. The summed E-state index contributed by atoms with van der Waals surface area (Å²) in [6, 6.07) is 0.702. The molecular weight excluding hydrogens is 262 g/mol. The number of amides is 1. The highest BCUT2D eigenvalue weighted by atomic mass is 35.5. The van der Waals surface area contributed by atoms with Crippen LogP contribution in [0.2, 0.25) is 6.04 Å². The molecule has 0 aromatic rings. The maximum atomic E-state index is 11.5. The van der Waals surface area contributed by atoms with E-state index in [0.29, 0.717) is 25.6 Å². The van der Waals surface area contributed by atoms with Gasteiger partial charge >= 0.3 is 8.80 Å². The van der Waals surface area contributed by atoms with Gasteiger partial charge in [-0.05, 0) is 6.42 Å². The Bertz CT molecular complexity index is 254. The van der Waals surface area contributed by atoms with Crippen molar-refractivity contribution in [3.63, 3.8) is 0 Å². The fourth-order valence-electron chi connectivity index (χ4n) is 1.98. The first-order chi connectivity index (χ1) is 8.06. The zero-order chi connectivity index (χ0) is 12.9. The average Bonchev–Trinajstić information content (AvgIpc) is 2.64. The van der Waals surface area contributed by atoms with E-state index in [2.05, 4.69) is 0 Å². The average molecular weight is 282 g/mol. The van der Waals surface area contributed by atoms with Crippen molar-refractivity contribution in [2.45, 2.75) is 24.3 Å². The molecule has 17 heavy (non-hydrogen) atoms. The van der Waals surface area contributed by atoms with Gasteiger partial charge in [0.25, 0.3) is 0 Å². The summed E-state index contributed by atoms with van der Waals surface area (Å²) in [6.07, 6.45) is 1.25. The van der Waals surface area contributed by atoms with E-state index in [-0.39, 0.29) is 11.3 Å². The third-order valence-electron chi connectivity index (χ3n) is 3.01. The number of rotatable bonds is 7. The molecule has 1 saturated heterocycles. The second-order valence-corrected chi connectivity index (χ2v) is 7.75. The number of carbonyl (C=O) groups is 1. The molecule has 0 spiro atoms. The summed E-state index contributed by atoms with van der Waals surface area (Å²) in [5.41, 5.74) is 0. The van der Waals surface area contributed by atoms with Gasteiger partial charge in [0, 0.05) is 46.9 Å². The second-order valence-electron chi connectivity index (χ2n) is 4.04. The van der Waals surface area contributed by atoms with Gasteiger partial charge in [0.05, 0.1) is 5.38 Å². The molecule has 0 bridgehead atoms. The molecule has 0 radical (unpaired) electrons. The van der Waals surface area contributed by atoms with Crippen molar-refractivity contribution < 1.29 is 18.1 Å². The molecule has 100 valence electrons. The second kappa shape index (κ2) is 6.70. The van der Waals surface area contributed by atoms with E-state index in [4.69, 9.17) is 24.9 Å². The molecule has 0 aromatic carbocycles. The van der Waals surface area contributed by atoms with Gasteiger partial charge in [-0.2, -0.15) is 0 Å². The van der Waals surface area contributed by atoms with Crippen LogP contribution in [-0.4, -0.2) is 59.4 Å². The summed E-state index contributed by atoms with van der Waals surface area (Å²) >= 11 is 5.92. The van der Waals surface area contributed by atoms with Gasteiger partial charge in [-0.25, -0.2) is 0 Å². The van der Waals surface area contributed by atoms with Crippen molar-refractivity contribution in [3.05, 3.63) is 0 Å². The van der Waals surface area contributed by atoms with Crippen LogP contribution < -0.4 is 0 Å². The van der Waals surface area contributed by atoms with Crippen molar-refractivity contribution in [3.8, 4) is 0 Å².